The molecule has 1 saturated heterocycles. The lowest BCUT2D eigenvalue weighted by Crippen LogP contribution is -2.58. The van der Waals surface area contributed by atoms with Gasteiger partial charge < -0.3 is 9.80 Å². The number of nitrogens with zero attached hydrogens (tertiary/aromatic N) is 4. The summed E-state index contributed by atoms with van der Waals surface area (Å²) in [5, 5.41) is 11.1. The first-order valence-corrected chi connectivity index (χ1v) is 12.6. The molecule has 0 N–H and O–H groups in total. The van der Waals surface area contributed by atoms with Crippen molar-refractivity contribution < 1.29 is 14.5 Å². The van der Waals surface area contributed by atoms with Crippen LogP contribution in [0.4, 0.5) is 5.69 Å². The van der Waals surface area contributed by atoms with E-state index in [-0.39, 0.29) is 23.5 Å². The highest BCUT2D eigenvalue weighted by molar-refractivity contribution is 5.95. The predicted octanol–water partition coefficient (Wildman–Crippen LogP) is 3.50. The lowest BCUT2D eigenvalue weighted by molar-refractivity contribution is -0.384. The summed E-state index contributed by atoms with van der Waals surface area (Å²) in [4.78, 5) is 43.6. The first-order valence-electron chi connectivity index (χ1n) is 12.6. The van der Waals surface area contributed by atoms with Gasteiger partial charge in [-0.3, -0.25) is 24.6 Å². The van der Waals surface area contributed by atoms with Crippen molar-refractivity contribution in [2.75, 3.05) is 32.7 Å². The molecule has 8 heteroatoms. The largest absolute Gasteiger partial charge is 0.337 e. The van der Waals surface area contributed by atoms with Crippen LogP contribution in [-0.4, -0.2) is 70.2 Å². The molecule has 1 atom stereocenters. The topological polar surface area (TPSA) is 87.0 Å². The standard InChI is InChI=1S/C27H32N4O4/c32-26(22-10-5-11-24(18-22)31(34)35)29-16-14-28(15-17-29)25(21-7-2-3-8-21)27(33)30-13-12-20-6-1-4-9-23(20)19-30/h1,4-6,9-11,18,21,25H,2-3,7-8,12-17,19H2/t25-/m0/s1. The Morgan fingerprint density at radius 1 is 0.886 bits per heavy atom. The maximum absolute atomic E-state index is 13.9. The van der Waals surface area contributed by atoms with Gasteiger partial charge in [-0.15, -0.1) is 0 Å². The molecule has 5 rings (SSSR count). The molecular weight excluding hydrogens is 444 g/mol. The molecule has 1 saturated carbocycles. The zero-order valence-electron chi connectivity index (χ0n) is 20.0. The van der Waals surface area contributed by atoms with Crippen molar-refractivity contribution >= 4 is 17.5 Å². The molecule has 0 spiro atoms. The van der Waals surface area contributed by atoms with Gasteiger partial charge >= 0.3 is 0 Å². The maximum Gasteiger partial charge on any atom is 0.270 e. The minimum absolute atomic E-state index is 0.0792. The second-order valence-corrected chi connectivity index (χ2v) is 9.90. The highest BCUT2D eigenvalue weighted by Crippen LogP contribution is 2.33. The fraction of sp³-hybridized carbons (Fsp3) is 0.481. The van der Waals surface area contributed by atoms with E-state index in [0.717, 1.165) is 25.8 Å². The number of carbonyl (C=O) groups is 2. The monoisotopic (exact) mass is 476 g/mol. The minimum Gasteiger partial charge on any atom is -0.337 e. The summed E-state index contributed by atoms with van der Waals surface area (Å²) in [5.74, 6) is 0.397. The fourth-order valence-corrected chi connectivity index (χ4v) is 5.94. The van der Waals surface area contributed by atoms with Crippen LogP contribution in [0.25, 0.3) is 0 Å². The van der Waals surface area contributed by atoms with Crippen LogP contribution < -0.4 is 0 Å². The maximum atomic E-state index is 13.9. The first-order chi connectivity index (χ1) is 17.0. The van der Waals surface area contributed by atoms with Crippen LogP contribution in [0.15, 0.2) is 48.5 Å². The Labute approximate surface area is 205 Å². The number of non-ortho nitro benzene ring substituents is 1. The Morgan fingerprint density at radius 3 is 2.31 bits per heavy atom. The number of amides is 2. The number of piperazine rings is 1. The first kappa shape index (κ1) is 23.5. The van der Waals surface area contributed by atoms with E-state index in [0.29, 0.717) is 44.2 Å². The minimum atomic E-state index is -0.481. The molecular formula is C27H32N4O4. The highest BCUT2D eigenvalue weighted by Gasteiger charge is 2.40. The second kappa shape index (κ2) is 10.2. The number of nitro benzene ring substituents is 1. The van der Waals surface area contributed by atoms with Crippen LogP contribution in [0, 0.1) is 16.0 Å². The van der Waals surface area contributed by atoms with Gasteiger partial charge in [0.2, 0.25) is 5.91 Å². The van der Waals surface area contributed by atoms with Crippen LogP contribution >= 0.6 is 0 Å². The van der Waals surface area contributed by atoms with Crippen molar-refractivity contribution in [3.63, 3.8) is 0 Å². The van der Waals surface area contributed by atoms with Crippen molar-refractivity contribution in [3.05, 3.63) is 75.3 Å². The van der Waals surface area contributed by atoms with Gasteiger partial charge in [0, 0.05) is 57.0 Å². The molecule has 2 aromatic carbocycles. The van der Waals surface area contributed by atoms with Gasteiger partial charge in [0.05, 0.1) is 11.0 Å². The Balaban J connectivity index is 1.27. The summed E-state index contributed by atoms with van der Waals surface area (Å²) in [6.45, 7) is 3.73. The van der Waals surface area contributed by atoms with E-state index < -0.39 is 4.92 Å². The van der Waals surface area contributed by atoms with Crippen LogP contribution in [0.1, 0.15) is 47.2 Å². The molecule has 2 heterocycles. The summed E-state index contributed by atoms with van der Waals surface area (Å²) in [7, 11) is 0. The predicted molar refractivity (Wildman–Crippen MR) is 132 cm³/mol. The van der Waals surface area contributed by atoms with E-state index in [4.69, 9.17) is 0 Å². The molecule has 1 aliphatic carbocycles. The molecule has 2 fully saturated rings. The van der Waals surface area contributed by atoms with E-state index in [2.05, 4.69) is 23.1 Å². The number of hydrogen-bond acceptors (Lipinski definition) is 5. The van der Waals surface area contributed by atoms with Crippen LogP contribution in [0.5, 0.6) is 0 Å². The van der Waals surface area contributed by atoms with Crippen molar-refractivity contribution in [3.8, 4) is 0 Å². The molecule has 2 amide bonds. The molecule has 3 aliphatic rings. The molecule has 0 radical (unpaired) electrons. The fourth-order valence-electron chi connectivity index (χ4n) is 5.94. The Kier molecular flexibility index (Phi) is 6.81. The summed E-state index contributed by atoms with van der Waals surface area (Å²) >= 11 is 0. The number of rotatable bonds is 5. The number of carbonyl (C=O) groups excluding carboxylic acids is 2. The number of benzene rings is 2. The lowest BCUT2D eigenvalue weighted by Gasteiger charge is -2.43. The second-order valence-electron chi connectivity index (χ2n) is 9.90. The van der Waals surface area contributed by atoms with Crippen molar-refractivity contribution in [2.24, 2.45) is 5.92 Å². The quantitative estimate of drug-likeness (QED) is 0.487. The Morgan fingerprint density at radius 2 is 1.60 bits per heavy atom. The van der Waals surface area contributed by atoms with E-state index in [1.807, 2.05) is 11.0 Å². The Hall–Kier alpha value is -3.26. The van der Waals surface area contributed by atoms with Gasteiger partial charge in [-0.2, -0.15) is 0 Å². The van der Waals surface area contributed by atoms with E-state index in [9.17, 15) is 19.7 Å². The molecule has 35 heavy (non-hydrogen) atoms. The van der Waals surface area contributed by atoms with Gasteiger partial charge in [-0.05, 0) is 42.4 Å². The molecule has 2 aromatic rings. The smallest absolute Gasteiger partial charge is 0.270 e. The third kappa shape index (κ3) is 4.93. The molecule has 0 unspecified atom stereocenters. The normalized spacial score (nSPS) is 19.9. The number of nitro groups is 1. The zero-order chi connectivity index (χ0) is 24.4. The van der Waals surface area contributed by atoms with Gasteiger partial charge in [-0.25, -0.2) is 0 Å². The van der Waals surface area contributed by atoms with Crippen molar-refractivity contribution in [2.45, 2.75) is 44.7 Å². The Bertz CT molecular complexity index is 1110. The average Bonchev–Trinajstić information content (AvgIpc) is 3.43. The van der Waals surface area contributed by atoms with Gasteiger partial charge in [0.1, 0.15) is 0 Å². The summed E-state index contributed by atoms with van der Waals surface area (Å²) in [6, 6.07) is 14.1. The molecule has 0 aromatic heterocycles. The summed E-state index contributed by atoms with van der Waals surface area (Å²) in [6.07, 6.45) is 5.39. The number of hydrogen-bond donors (Lipinski definition) is 0. The van der Waals surface area contributed by atoms with Crippen LogP contribution in [0.3, 0.4) is 0 Å². The third-order valence-corrected chi connectivity index (χ3v) is 7.84. The third-order valence-electron chi connectivity index (χ3n) is 7.84. The highest BCUT2D eigenvalue weighted by atomic mass is 16.6. The van der Waals surface area contributed by atoms with E-state index in [1.165, 1.54) is 36.1 Å². The van der Waals surface area contributed by atoms with Crippen molar-refractivity contribution in [1.29, 1.82) is 0 Å². The SMILES string of the molecule is O=C(c1cccc([N+](=O)[O-])c1)N1CCN([C@H](C(=O)N2CCc3ccccc3C2)C2CCCC2)CC1. The lowest BCUT2D eigenvalue weighted by atomic mass is 9.92. The van der Waals surface area contributed by atoms with Crippen LogP contribution in [0.2, 0.25) is 0 Å². The van der Waals surface area contributed by atoms with Crippen molar-refractivity contribution in [1.82, 2.24) is 14.7 Å². The van der Waals surface area contributed by atoms with Gasteiger partial charge in [-0.1, -0.05) is 43.2 Å². The van der Waals surface area contributed by atoms with Gasteiger partial charge in [0.15, 0.2) is 0 Å². The van der Waals surface area contributed by atoms with E-state index >= 15 is 0 Å². The van der Waals surface area contributed by atoms with Gasteiger partial charge in [0.25, 0.3) is 11.6 Å². The molecule has 2 aliphatic heterocycles. The zero-order valence-corrected chi connectivity index (χ0v) is 20.0. The molecule has 184 valence electrons. The molecule has 0 bridgehead atoms. The summed E-state index contributed by atoms with van der Waals surface area (Å²) < 4.78 is 0. The summed E-state index contributed by atoms with van der Waals surface area (Å²) in [5.41, 5.74) is 2.83. The molecule has 8 nitrogen and oxygen atoms in total. The number of fused-ring (bicyclic) bond motifs is 1. The van der Waals surface area contributed by atoms with Crippen LogP contribution in [-0.2, 0) is 17.8 Å². The average molecular weight is 477 g/mol. The van der Waals surface area contributed by atoms with E-state index in [1.54, 1.807) is 17.0 Å².